The number of carboxylic acid groups (broad SMARTS) is 1. The molecule has 1 aliphatic heterocycles. The number of rotatable bonds is 3. The molecule has 1 heterocycles. The third-order valence-corrected chi connectivity index (χ3v) is 3.86. The number of halogens is 1. The first kappa shape index (κ1) is 10.0. The van der Waals surface area contributed by atoms with E-state index in [-0.39, 0.29) is 24.1 Å². The van der Waals surface area contributed by atoms with E-state index in [0.717, 1.165) is 0 Å². The van der Waals surface area contributed by atoms with E-state index in [2.05, 4.69) is 4.99 Å². The number of aliphatic imine (C=N–C) groups is 1. The number of carbonyl (C=O) groups excluding carboxylic acids is 1. The van der Waals surface area contributed by atoms with Crippen molar-refractivity contribution < 1.29 is 21.5 Å². The second kappa shape index (κ2) is 5.72. The second-order valence-electron chi connectivity index (χ2n) is 5.08. The Kier molecular flexibility index (Phi) is 2.60. The summed E-state index contributed by atoms with van der Waals surface area (Å²) in [6, 6.07) is 5.94. The second-order valence-corrected chi connectivity index (χ2v) is 5.52. The third kappa shape index (κ3) is 2.61. The van der Waals surface area contributed by atoms with Crippen molar-refractivity contribution in [1.29, 1.82) is 0 Å². The van der Waals surface area contributed by atoms with Crippen LogP contribution in [0.5, 0.6) is 0 Å². The van der Waals surface area contributed by atoms with Gasteiger partial charge in [-0.2, -0.15) is 0 Å². The van der Waals surface area contributed by atoms with Gasteiger partial charge >= 0.3 is 5.97 Å². The summed E-state index contributed by atoms with van der Waals surface area (Å²) in [7, 11) is 0. The lowest BCUT2D eigenvalue weighted by Gasteiger charge is -2.38. The summed E-state index contributed by atoms with van der Waals surface area (Å²) in [5, 5.41) is 9.76. The van der Waals surface area contributed by atoms with Gasteiger partial charge in [-0.1, -0.05) is 30.2 Å². The fourth-order valence-electron chi connectivity index (χ4n) is 2.61. The molecule has 0 bridgehead atoms. The van der Waals surface area contributed by atoms with Crippen LogP contribution in [0.1, 0.15) is 44.4 Å². The van der Waals surface area contributed by atoms with Crippen LogP contribution in [0.2, 0.25) is 5.02 Å². The maximum Gasteiger partial charge on any atom is 0.323 e. The molecular formula is C16H17ClN2O3. The molecule has 6 heteroatoms. The third-order valence-electron chi connectivity index (χ3n) is 3.60. The molecule has 1 aromatic rings. The molecular weight excluding hydrogens is 304 g/mol. The van der Waals surface area contributed by atoms with Crippen molar-refractivity contribution in [2.75, 3.05) is 6.50 Å². The molecule has 3 rings (SSSR count). The number of hydrogen-bond acceptors (Lipinski definition) is 3. The molecule has 1 aromatic carbocycles. The Morgan fingerprint density at radius 3 is 2.86 bits per heavy atom. The standard InChI is InChI=1S/C16H17ClN2O3/c17-12-6-4-11(5-7-12)14-15(22)19(10-13(20)21)16(18-14)8-2-1-3-9-16/h4-7H,1-3,8-10H2,(H,20,21)/i2D,8D2,10D2. The maximum atomic E-state index is 13.0. The van der Waals surface area contributed by atoms with Gasteiger partial charge in [0.2, 0.25) is 0 Å². The van der Waals surface area contributed by atoms with E-state index in [1.807, 2.05) is 0 Å². The molecule has 2 atom stereocenters. The Morgan fingerprint density at radius 2 is 2.18 bits per heavy atom. The highest BCUT2D eigenvalue weighted by atomic mass is 35.5. The molecule has 22 heavy (non-hydrogen) atoms. The largest absolute Gasteiger partial charge is 0.480 e. The average molecular weight is 326 g/mol. The van der Waals surface area contributed by atoms with Crippen LogP contribution >= 0.6 is 11.6 Å². The monoisotopic (exact) mass is 325 g/mol. The van der Waals surface area contributed by atoms with Crippen LogP contribution < -0.4 is 0 Å². The molecule has 0 saturated heterocycles. The van der Waals surface area contributed by atoms with Crippen molar-refractivity contribution in [3.63, 3.8) is 0 Å². The van der Waals surface area contributed by atoms with Crippen LogP contribution in [0.4, 0.5) is 0 Å². The minimum absolute atomic E-state index is 0.0784. The Labute approximate surface area is 140 Å². The minimum atomic E-state index is -3.20. The molecule has 0 radical (unpaired) electrons. The molecule has 1 fully saturated rings. The van der Waals surface area contributed by atoms with Gasteiger partial charge in [0.15, 0.2) is 0 Å². The molecule has 1 saturated carbocycles. The molecule has 2 aliphatic rings. The normalized spacial score (nSPS) is 34.3. The number of aliphatic carboxylic acids is 1. The van der Waals surface area contributed by atoms with E-state index >= 15 is 0 Å². The maximum absolute atomic E-state index is 13.0. The zero-order valence-corrected chi connectivity index (χ0v) is 12.3. The Morgan fingerprint density at radius 1 is 1.45 bits per heavy atom. The predicted molar refractivity (Wildman–Crippen MR) is 83.2 cm³/mol. The molecule has 1 spiro atoms. The van der Waals surface area contributed by atoms with Crippen molar-refractivity contribution in [2.45, 2.75) is 37.7 Å². The summed E-state index contributed by atoms with van der Waals surface area (Å²) in [4.78, 5) is 29.2. The predicted octanol–water partition coefficient (Wildman–Crippen LogP) is 2.72. The lowest BCUT2D eigenvalue weighted by molar-refractivity contribution is -0.145. The summed E-state index contributed by atoms with van der Waals surface area (Å²) >= 11 is 5.85. The first-order valence-electron chi connectivity index (χ1n) is 9.39. The van der Waals surface area contributed by atoms with Crippen LogP contribution in [-0.2, 0) is 9.59 Å². The highest BCUT2D eigenvalue weighted by Crippen LogP contribution is 2.39. The van der Waals surface area contributed by atoms with E-state index in [0.29, 0.717) is 16.3 Å². The highest BCUT2D eigenvalue weighted by Gasteiger charge is 2.48. The SMILES string of the molecule is [2H]C1CCCC2(N=C(c3ccc(Cl)cc3)C(=O)N2C([2H])([2H])C(=O)O)C1([2H])[2H]. The molecule has 2 unspecified atom stereocenters. The van der Waals surface area contributed by atoms with E-state index in [9.17, 15) is 14.7 Å². The van der Waals surface area contributed by atoms with Gasteiger partial charge in [-0.25, -0.2) is 0 Å². The zero-order chi connectivity index (χ0) is 20.2. The minimum Gasteiger partial charge on any atom is -0.480 e. The molecule has 116 valence electrons. The number of benzene rings is 1. The molecule has 5 nitrogen and oxygen atoms in total. The van der Waals surface area contributed by atoms with Gasteiger partial charge < -0.3 is 10.0 Å². The van der Waals surface area contributed by atoms with Crippen molar-refractivity contribution in [3.8, 4) is 0 Å². The summed E-state index contributed by atoms with van der Waals surface area (Å²) in [5.41, 5.74) is -2.07. The highest BCUT2D eigenvalue weighted by molar-refractivity contribution is 6.47. The fraction of sp³-hybridized carbons (Fsp3) is 0.438. The Hall–Kier alpha value is -1.88. The quantitative estimate of drug-likeness (QED) is 0.929. The first-order chi connectivity index (χ1) is 12.4. The zero-order valence-electron chi connectivity index (χ0n) is 16.5. The topological polar surface area (TPSA) is 70.0 Å². The fourth-order valence-corrected chi connectivity index (χ4v) is 2.74. The van der Waals surface area contributed by atoms with Crippen molar-refractivity contribution >= 4 is 29.2 Å². The molecule has 1 aliphatic carbocycles. The van der Waals surface area contributed by atoms with Gasteiger partial charge in [-0.15, -0.1) is 0 Å². The van der Waals surface area contributed by atoms with Crippen LogP contribution in [0.15, 0.2) is 29.3 Å². The lowest BCUT2D eigenvalue weighted by atomic mass is 9.88. The molecule has 1 N–H and O–H groups in total. The van der Waals surface area contributed by atoms with Gasteiger partial charge in [0, 0.05) is 14.7 Å². The van der Waals surface area contributed by atoms with Gasteiger partial charge in [0.1, 0.15) is 17.9 Å². The van der Waals surface area contributed by atoms with E-state index in [4.69, 9.17) is 18.5 Å². The van der Waals surface area contributed by atoms with E-state index in [1.54, 1.807) is 0 Å². The lowest BCUT2D eigenvalue weighted by Crippen LogP contribution is -2.50. The number of nitrogens with zero attached hydrogens (tertiary/aromatic N) is 2. The van der Waals surface area contributed by atoms with Crippen molar-refractivity contribution in [1.82, 2.24) is 4.90 Å². The average Bonchev–Trinajstić information content (AvgIpc) is 2.88. The summed E-state index contributed by atoms with van der Waals surface area (Å²) < 4.78 is 40.8. The molecule has 0 aromatic heterocycles. The van der Waals surface area contributed by atoms with E-state index < -0.39 is 36.8 Å². The first-order valence-corrected chi connectivity index (χ1v) is 7.19. The van der Waals surface area contributed by atoms with Crippen molar-refractivity contribution in [3.05, 3.63) is 34.9 Å². The van der Waals surface area contributed by atoms with Crippen LogP contribution in [0.25, 0.3) is 0 Å². The van der Waals surface area contributed by atoms with Gasteiger partial charge in [-0.05, 0) is 37.7 Å². The number of amides is 1. The summed E-state index contributed by atoms with van der Waals surface area (Å²) in [6.45, 7) is -3.20. The Balaban J connectivity index is 2.23. The number of hydrogen-bond donors (Lipinski definition) is 1. The van der Waals surface area contributed by atoms with Gasteiger partial charge in [0.25, 0.3) is 5.91 Å². The summed E-state index contributed by atoms with van der Waals surface area (Å²) in [5.74, 6) is -2.95. The van der Waals surface area contributed by atoms with E-state index in [1.165, 1.54) is 24.3 Å². The number of carboxylic acids is 1. The smallest absolute Gasteiger partial charge is 0.323 e. The van der Waals surface area contributed by atoms with Gasteiger partial charge in [0.05, 0.1) is 2.74 Å². The van der Waals surface area contributed by atoms with Gasteiger partial charge in [-0.3, -0.25) is 14.6 Å². The molecule has 1 amide bonds. The van der Waals surface area contributed by atoms with Crippen LogP contribution in [0, 0.1) is 0 Å². The Bertz CT molecular complexity index is 830. The van der Waals surface area contributed by atoms with Crippen molar-refractivity contribution in [2.24, 2.45) is 4.99 Å². The summed E-state index contributed by atoms with van der Waals surface area (Å²) in [6.07, 6.45) is -3.27. The number of carbonyl (C=O) groups is 2. The van der Waals surface area contributed by atoms with Crippen LogP contribution in [-0.4, -0.2) is 39.8 Å². The van der Waals surface area contributed by atoms with Crippen LogP contribution in [0.3, 0.4) is 0 Å².